The number of hydrogen-bond acceptors (Lipinski definition) is 6. The van der Waals surface area contributed by atoms with Crippen molar-refractivity contribution in [3.05, 3.63) is 51.6 Å². The van der Waals surface area contributed by atoms with E-state index >= 15 is 0 Å². The molecule has 0 aliphatic heterocycles. The van der Waals surface area contributed by atoms with Gasteiger partial charge in [-0.25, -0.2) is 13.8 Å². The summed E-state index contributed by atoms with van der Waals surface area (Å²) in [5, 5.41) is 6.29. The highest BCUT2D eigenvalue weighted by Gasteiger charge is 2.14. The minimum atomic E-state index is -0.638. The Labute approximate surface area is 122 Å². The number of nitrogens with two attached hydrogens (primary N) is 1. The zero-order valence-corrected chi connectivity index (χ0v) is 11.5. The van der Waals surface area contributed by atoms with E-state index in [2.05, 4.69) is 15.1 Å². The summed E-state index contributed by atoms with van der Waals surface area (Å²) in [4.78, 5) is 8.37. The molecule has 0 unspecified atom stereocenters. The Morgan fingerprint density at radius 2 is 2.10 bits per heavy atom. The van der Waals surface area contributed by atoms with E-state index in [0.29, 0.717) is 23.6 Å². The first-order chi connectivity index (χ1) is 10.2. The van der Waals surface area contributed by atoms with Crippen LogP contribution in [0, 0.1) is 11.6 Å². The Hall–Kier alpha value is -2.19. The number of hydrogen-bond donors (Lipinski definition) is 1. The van der Waals surface area contributed by atoms with E-state index in [0.717, 1.165) is 11.1 Å². The van der Waals surface area contributed by atoms with Gasteiger partial charge < -0.3 is 10.3 Å². The summed E-state index contributed by atoms with van der Waals surface area (Å²) < 4.78 is 31.5. The second-order valence-corrected chi connectivity index (χ2v) is 5.20. The topological polar surface area (TPSA) is 77.8 Å². The molecule has 0 spiro atoms. The molecule has 5 nitrogen and oxygen atoms in total. The number of halogens is 2. The lowest BCUT2D eigenvalue weighted by molar-refractivity contribution is 0.422. The quantitative estimate of drug-likeness (QED) is 0.801. The second kappa shape index (κ2) is 5.66. The van der Waals surface area contributed by atoms with E-state index in [-0.39, 0.29) is 12.3 Å². The molecule has 1 aromatic carbocycles. The fraction of sp³-hybridized carbons (Fsp3) is 0.154. The number of aromatic nitrogens is 3. The second-order valence-electron chi connectivity index (χ2n) is 4.26. The summed E-state index contributed by atoms with van der Waals surface area (Å²) in [6, 6.07) is 3.37. The molecule has 108 valence electrons. The van der Waals surface area contributed by atoms with Gasteiger partial charge in [0, 0.05) is 24.4 Å². The first-order valence-electron chi connectivity index (χ1n) is 6.07. The molecule has 2 N–H and O–H groups in total. The van der Waals surface area contributed by atoms with Crippen molar-refractivity contribution in [3.63, 3.8) is 0 Å². The average Bonchev–Trinajstić information content (AvgIpc) is 3.10. The maximum absolute atomic E-state index is 13.6. The number of rotatable bonds is 4. The minimum Gasteiger partial charge on any atom is -0.332 e. The Balaban J connectivity index is 1.81. The normalized spacial score (nSPS) is 11.0. The van der Waals surface area contributed by atoms with Gasteiger partial charge in [0.25, 0.3) is 5.89 Å². The van der Waals surface area contributed by atoms with Gasteiger partial charge in [0.2, 0.25) is 0 Å². The van der Waals surface area contributed by atoms with Crippen molar-refractivity contribution in [1.29, 1.82) is 0 Å². The lowest BCUT2D eigenvalue weighted by Gasteiger charge is -1.98. The van der Waals surface area contributed by atoms with Crippen LogP contribution in [0.15, 0.2) is 28.1 Å². The molecule has 8 heteroatoms. The zero-order valence-electron chi connectivity index (χ0n) is 10.7. The van der Waals surface area contributed by atoms with Gasteiger partial charge in [-0.1, -0.05) is 11.2 Å². The van der Waals surface area contributed by atoms with Gasteiger partial charge in [-0.3, -0.25) is 0 Å². The first kappa shape index (κ1) is 13.8. The van der Waals surface area contributed by atoms with Crippen molar-refractivity contribution < 1.29 is 13.3 Å². The Bertz CT molecular complexity index is 771. The lowest BCUT2D eigenvalue weighted by Crippen LogP contribution is -1.96. The highest BCUT2D eigenvalue weighted by molar-refractivity contribution is 7.09. The van der Waals surface area contributed by atoms with Gasteiger partial charge >= 0.3 is 0 Å². The third-order valence-corrected chi connectivity index (χ3v) is 3.65. The predicted octanol–water partition coefficient (Wildman–Crippen LogP) is 2.52. The first-order valence-corrected chi connectivity index (χ1v) is 6.95. The largest absolute Gasteiger partial charge is 0.332 e. The van der Waals surface area contributed by atoms with Crippen LogP contribution < -0.4 is 5.73 Å². The molecule has 0 radical (unpaired) electrons. The molecule has 0 bridgehead atoms. The van der Waals surface area contributed by atoms with Crippen molar-refractivity contribution in [1.82, 2.24) is 15.1 Å². The van der Waals surface area contributed by atoms with E-state index in [1.807, 2.05) is 0 Å². The van der Waals surface area contributed by atoms with E-state index in [1.165, 1.54) is 23.5 Å². The summed E-state index contributed by atoms with van der Waals surface area (Å²) in [6.07, 6.45) is 0.115. The van der Waals surface area contributed by atoms with Gasteiger partial charge in [0.1, 0.15) is 22.3 Å². The molecule has 0 saturated heterocycles. The highest BCUT2D eigenvalue weighted by Crippen LogP contribution is 2.21. The summed E-state index contributed by atoms with van der Waals surface area (Å²) in [5.41, 5.74) is 6.32. The zero-order chi connectivity index (χ0) is 14.8. The number of nitrogens with zero attached hydrogens (tertiary/aromatic N) is 3. The fourth-order valence-corrected chi connectivity index (χ4v) is 2.42. The molecule has 2 heterocycles. The minimum absolute atomic E-state index is 0.115. The maximum Gasteiger partial charge on any atom is 0.277 e. The Morgan fingerprint density at radius 3 is 2.81 bits per heavy atom. The third-order valence-electron chi connectivity index (χ3n) is 2.78. The smallest absolute Gasteiger partial charge is 0.277 e. The van der Waals surface area contributed by atoms with Crippen molar-refractivity contribution in [3.8, 4) is 11.6 Å². The molecule has 0 aliphatic carbocycles. The van der Waals surface area contributed by atoms with Crippen LogP contribution in [0.3, 0.4) is 0 Å². The van der Waals surface area contributed by atoms with Crippen molar-refractivity contribution >= 4 is 11.3 Å². The van der Waals surface area contributed by atoms with Crippen LogP contribution in [-0.2, 0) is 13.0 Å². The van der Waals surface area contributed by atoms with E-state index in [9.17, 15) is 8.78 Å². The van der Waals surface area contributed by atoms with Gasteiger partial charge in [-0.05, 0) is 11.6 Å². The highest BCUT2D eigenvalue weighted by atomic mass is 32.1. The summed E-state index contributed by atoms with van der Waals surface area (Å²) in [7, 11) is 0. The average molecular weight is 308 g/mol. The number of thiazole rings is 1. The van der Waals surface area contributed by atoms with Crippen LogP contribution in [-0.4, -0.2) is 15.1 Å². The van der Waals surface area contributed by atoms with Crippen LogP contribution in [0.2, 0.25) is 0 Å². The van der Waals surface area contributed by atoms with Gasteiger partial charge in [0.05, 0.1) is 0 Å². The molecule has 0 aliphatic rings. The van der Waals surface area contributed by atoms with Crippen LogP contribution in [0.1, 0.15) is 16.4 Å². The third kappa shape index (κ3) is 2.96. The molecule has 0 saturated carbocycles. The summed E-state index contributed by atoms with van der Waals surface area (Å²) in [6.45, 7) is 0.340. The molecule has 0 amide bonds. The molecule has 0 fully saturated rings. The van der Waals surface area contributed by atoms with Crippen LogP contribution in [0.4, 0.5) is 8.78 Å². The van der Waals surface area contributed by atoms with Crippen molar-refractivity contribution in [2.24, 2.45) is 5.73 Å². The SMILES string of the molecule is NCc1nc(-c2nc(Cc3ccc(F)cc3F)no2)cs1. The maximum atomic E-state index is 13.6. The fourth-order valence-electron chi connectivity index (χ4n) is 1.77. The summed E-state index contributed by atoms with van der Waals surface area (Å²) in [5.74, 6) is -0.705. The van der Waals surface area contributed by atoms with Gasteiger partial charge in [0.15, 0.2) is 5.82 Å². The van der Waals surface area contributed by atoms with Crippen LogP contribution in [0.5, 0.6) is 0 Å². The van der Waals surface area contributed by atoms with E-state index in [1.54, 1.807) is 5.38 Å². The molecule has 3 aromatic rings. The molecule has 21 heavy (non-hydrogen) atoms. The van der Waals surface area contributed by atoms with Crippen LogP contribution in [0.25, 0.3) is 11.6 Å². The van der Waals surface area contributed by atoms with E-state index < -0.39 is 11.6 Å². The Morgan fingerprint density at radius 1 is 1.24 bits per heavy atom. The lowest BCUT2D eigenvalue weighted by atomic mass is 10.1. The molecular formula is C13H10F2N4OS. The Kier molecular flexibility index (Phi) is 3.72. The number of benzene rings is 1. The molecular weight excluding hydrogens is 298 g/mol. The van der Waals surface area contributed by atoms with Gasteiger partial charge in [-0.2, -0.15) is 4.98 Å². The monoisotopic (exact) mass is 308 g/mol. The molecule has 3 rings (SSSR count). The van der Waals surface area contributed by atoms with Gasteiger partial charge in [-0.15, -0.1) is 11.3 Å². The standard InChI is InChI=1S/C13H10F2N4OS/c14-8-2-1-7(9(15)4-8)3-11-18-13(20-19-11)10-6-21-12(5-16)17-10/h1-2,4,6H,3,5,16H2. The van der Waals surface area contributed by atoms with Crippen LogP contribution >= 0.6 is 11.3 Å². The van der Waals surface area contributed by atoms with Crippen molar-refractivity contribution in [2.45, 2.75) is 13.0 Å². The molecule has 2 aromatic heterocycles. The molecule has 0 atom stereocenters. The van der Waals surface area contributed by atoms with Crippen molar-refractivity contribution in [2.75, 3.05) is 0 Å². The van der Waals surface area contributed by atoms with E-state index in [4.69, 9.17) is 10.3 Å². The predicted molar refractivity (Wildman–Crippen MR) is 72.5 cm³/mol. The summed E-state index contributed by atoms with van der Waals surface area (Å²) >= 11 is 1.40.